The SMILES string of the molecule is O=C(ON1C(=O)c2ccccc2C1=O)C(c1ccncc1)C1CCCC1. The molecule has 0 spiro atoms. The van der Waals surface area contributed by atoms with Gasteiger partial charge in [-0.3, -0.25) is 14.6 Å². The van der Waals surface area contributed by atoms with Gasteiger partial charge in [-0.15, -0.1) is 0 Å². The van der Waals surface area contributed by atoms with E-state index in [1.54, 1.807) is 48.8 Å². The third-order valence-corrected chi connectivity index (χ3v) is 5.13. The minimum Gasteiger partial charge on any atom is -0.329 e. The van der Waals surface area contributed by atoms with Gasteiger partial charge in [0, 0.05) is 12.4 Å². The van der Waals surface area contributed by atoms with Crippen molar-refractivity contribution in [2.24, 2.45) is 5.92 Å². The Labute approximate surface area is 150 Å². The summed E-state index contributed by atoms with van der Waals surface area (Å²) < 4.78 is 0. The molecule has 26 heavy (non-hydrogen) atoms. The highest BCUT2D eigenvalue weighted by molar-refractivity contribution is 6.20. The van der Waals surface area contributed by atoms with Crippen molar-refractivity contribution in [1.29, 1.82) is 0 Å². The Balaban J connectivity index is 1.60. The summed E-state index contributed by atoms with van der Waals surface area (Å²) in [6.07, 6.45) is 7.23. The first-order valence-electron chi connectivity index (χ1n) is 8.76. The van der Waals surface area contributed by atoms with Gasteiger partial charge in [0.05, 0.1) is 17.0 Å². The van der Waals surface area contributed by atoms with Gasteiger partial charge >= 0.3 is 5.97 Å². The van der Waals surface area contributed by atoms with Crippen molar-refractivity contribution in [2.75, 3.05) is 0 Å². The van der Waals surface area contributed by atoms with Crippen LogP contribution in [-0.2, 0) is 9.63 Å². The van der Waals surface area contributed by atoms with Crippen molar-refractivity contribution in [1.82, 2.24) is 10.0 Å². The van der Waals surface area contributed by atoms with Crippen LogP contribution in [0.5, 0.6) is 0 Å². The molecule has 0 saturated heterocycles. The van der Waals surface area contributed by atoms with Crippen LogP contribution >= 0.6 is 0 Å². The molecule has 4 rings (SSSR count). The van der Waals surface area contributed by atoms with Crippen LogP contribution < -0.4 is 0 Å². The van der Waals surface area contributed by atoms with Crippen molar-refractivity contribution in [2.45, 2.75) is 31.6 Å². The number of hydrogen-bond donors (Lipinski definition) is 0. The first-order chi connectivity index (χ1) is 12.7. The molecule has 2 amide bonds. The molecule has 0 N–H and O–H groups in total. The maximum atomic E-state index is 12.9. The molecule has 132 valence electrons. The third kappa shape index (κ3) is 2.77. The molecule has 1 aromatic carbocycles. The van der Waals surface area contributed by atoms with Gasteiger partial charge in [0.25, 0.3) is 11.8 Å². The van der Waals surface area contributed by atoms with Crippen LogP contribution in [0.2, 0.25) is 0 Å². The number of hydroxylamine groups is 2. The average Bonchev–Trinajstić information content (AvgIpc) is 3.27. The van der Waals surface area contributed by atoms with Gasteiger partial charge in [-0.25, -0.2) is 4.79 Å². The second kappa shape index (κ2) is 6.71. The van der Waals surface area contributed by atoms with Gasteiger partial charge in [0.1, 0.15) is 0 Å². The Kier molecular flexibility index (Phi) is 4.24. The summed E-state index contributed by atoms with van der Waals surface area (Å²) in [6.45, 7) is 0. The second-order valence-corrected chi connectivity index (χ2v) is 6.66. The summed E-state index contributed by atoms with van der Waals surface area (Å²) in [5.41, 5.74) is 1.31. The molecule has 2 aliphatic rings. The van der Waals surface area contributed by atoms with E-state index in [0.29, 0.717) is 5.06 Å². The molecule has 6 nitrogen and oxygen atoms in total. The number of fused-ring (bicyclic) bond motifs is 1. The Morgan fingerprint density at radius 2 is 1.58 bits per heavy atom. The monoisotopic (exact) mass is 350 g/mol. The first-order valence-corrected chi connectivity index (χ1v) is 8.76. The summed E-state index contributed by atoms with van der Waals surface area (Å²) in [5.74, 6) is -2.14. The third-order valence-electron chi connectivity index (χ3n) is 5.13. The number of amides is 2. The fourth-order valence-corrected chi connectivity index (χ4v) is 3.86. The van der Waals surface area contributed by atoms with Crippen molar-refractivity contribution < 1.29 is 19.2 Å². The van der Waals surface area contributed by atoms with Gasteiger partial charge in [0.15, 0.2) is 0 Å². The Hall–Kier alpha value is -3.02. The standard InChI is InChI=1S/C20H18N2O4/c23-18-15-7-3-4-8-16(15)19(24)22(18)26-20(25)17(13-5-1-2-6-13)14-9-11-21-12-10-14/h3-4,7-13,17H,1-2,5-6H2. The molecule has 1 fully saturated rings. The summed E-state index contributed by atoms with van der Waals surface area (Å²) in [7, 11) is 0. The number of imide groups is 1. The summed E-state index contributed by atoms with van der Waals surface area (Å²) in [5, 5.41) is 0.593. The zero-order valence-corrected chi connectivity index (χ0v) is 14.1. The largest absolute Gasteiger partial charge is 0.340 e. The maximum Gasteiger partial charge on any atom is 0.340 e. The van der Waals surface area contributed by atoms with Crippen LogP contribution in [-0.4, -0.2) is 27.8 Å². The van der Waals surface area contributed by atoms with E-state index in [9.17, 15) is 14.4 Å². The zero-order valence-electron chi connectivity index (χ0n) is 14.1. The molecule has 2 heterocycles. The molecule has 1 aromatic heterocycles. The predicted octanol–water partition coefficient (Wildman–Crippen LogP) is 3.11. The Morgan fingerprint density at radius 3 is 2.15 bits per heavy atom. The van der Waals surface area contributed by atoms with Crippen LogP contribution in [0.25, 0.3) is 0 Å². The minimum absolute atomic E-state index is 0.139. The van der Waals surface area contributed by atoms with Gasteiger partial charge in [-0.1, -0.05) is 30.0 Å². The molecule has 1 aliphatic carbocycles. The van der Waals surface area contributed by atoms with E-state index in [2.05, 4.69) is 4.98 Å². The number of hydrogen-bond acceptors (Lipinski definition) is 5. The Bertz CT molecular complexity index is 824. The number of pyridine rings is 1. The van der Waals surface area contributed by atoms with E-state index in [0.717, 1.165) is 31.2 Å². The molecule has 0 radical (unpaired) electrons. The summed E-state index contributed by atoms with van der Waals surface area (Å²) in [4.78, 5) is 47.1. The zero-order chi connectivity index (χ0) is 18.1. The maximum absolute atomic E-state index is 12.9. The van der Waals surface area contributed by atoms with E-state index < -0.39 is 23.7 Å². The first kappa shape index (κ1) is 16.4. The van der Waals surface area contributed by atoms with Crippen LogP contribution in [0.1, 0.15) is 57.9 Å². The topological polar surface area (TPSA) is 76.6 Å². The van der Waals surface area contributed by atoms with E-state index in [1.807, 2.05) is 0 Å². The number of carbonyl (C=O) groups excluding carboxylic acids is 3. The molecule has 0 bridgehead atoms. The van der Waals surface area contributed by atoms with E-state index in [4.69, 9.17) is 4.84 Å². The van der Waals surface area contributed by atoms with Crippen molar-refractivity contribution >= 4 is 17.8 Å². The van der Waals surface area contributed by atoms with E-state index in [-0.39, 0.29) is 17.0 Å². The van der Waals surface area contributed by atoms with Gasteiger partial charge < -0.3 is 4.84 Å². The van der Waals surface area contributed by atoms with Crippen molar-refractivity contribution in [3.8, 4) is 0 Å². The molecule has 1 saturated carbocycles. The van der Waals surface area contributed by atoms with Gasteiger partial charge in [-0.05, 0) is 48.6 Å². The smallest absolute Gasteiger partial charge is 0.329 e. The molecule has 2 aromatic rings. The van der Waals surface area contributed by atoms with E-state index >= 15 is 0 Å². The molecular weight excluding hydrogens is 332 g/mol. The fourth-order valence-electron chi connectivity index (χ4n) is 3.86. The van der Waals surface area contributed by atoms with E-state index in [1.165, 1.54) is 0 Å². The van der Waals surface area contributed by atoms with Crippen LogP contribution in [0.15, 0.2) is 48.8 Å². The lowest BCUT2D eigenvalue weighted by Gasteiger charge is -2.23. The van der Waals surface area contributed by atoms with Gasteiger partial charge in [-0.2, -0.15) is 0 Å². The van der Waals surface area contributed by atoms with Crippen molar-refractivity contribution in [3.63, 3.8) is 0 Å². The van der Waals surface area contributed by atoms with Crippen molar-refractivity contribution in [3.05, 3.63) is 65.5 Å². The minimum atomic E-state index is -0.598. The highest BCUT2D eigenvalue weighted by Crippen LogP contribution is 2.38. The number of rotatable bonds is 4. The predicted molar refractivity (Wildman–Crippen MR) is 92.0 cm³/mol. The van der Waals surface area contributed by atoms with Crippen LogP contribution in [0, 0.1) is 5.92 Å². The number of aromatic nitrogens is 1. The highest BCUT2D eigenvalue weighted by Gasteiger charge is 2.41. The summed E-state index contributed by atoms with van der Waals surface area (Å²) >= 11 is 0. The second-order valence-electron chi connectivity index (χ2n) is 6.66. The van der Waals surface area contributed by atoms with Crippen LogP contribution in [0.3, 0.4) is 0 Å². The molecule has 6 heteroatoms. The molecule has 1 aliphatic heterocycles. The average molecular weight is 350 g/mol. The lowest BCUT2D eigenvalue weighted by atomic mass is 9.85. The molecular formula is C20H18N2O4. The number of nitrogens with zero attached hydrogens (tertiary/aromatic N) is 2. The highest BCUT2D eigenvalue weighted by atomic mass is 16.7. The number of carbonyl (C=O) groups is 3. The fraction of sp³-hybridized carbons (Fsp3) is 0.300. The van der Waals surface area contributed by atoms with Crippen LogP contribution in [0.4, 0.5) is 0 Å². The lowest BCUT2D eigenvalue weighted by molar-refractivity contribution is -0.172. The van der Waals surface area contributed by atoms with Gasteiger partial charge in [0.2, 0.25) is 0 Å². The normalized spacial score (nSPS) is 18.1. The quantitative estimate of drug-likeness (QED) is 0.792. The summed E-state index contributed by atoms with van der Waals surface area (Å²) in [6, 6.07) is 10.0. The Morgan fingerprint density at radius 1 is 1.00 bits per heavy atom. The molecule has 1 atom stereocenters. The molecule has 1 unspecified atom stereocenters. The number of benzene rings is 1. The lowest BCUT2D eigenvalue weighted by Crippen LogP contribution is -2.36.